The molecular weight excluding hydrogens is 346 g/mol. The molecule has 3 rings (SSSR count). The number of nitrogens with one attached hydrogen (secondary N) is 2. The van der Waals surface area contributed by atoms with Crippen LogP contribution in [0.15, 0.2) is 35.7 Å². The average molecular weight is 374 g/mol. The van der Waals surface area contributed by atoms with E-state index in [9.17, 15) is 4.79 Å². The van der Waals surface area contributed by atoms with E-state index in [1.807, 2.05) is 29.3 Å². The van der Waals surface area contributed by atoms with Gasteiger partial charge in [-0.15, -0.1) is 11.3 Å². The van der Waals surface area contributed by atoms with Gasteiger partial charge in [-0.2, -0.15) is 0 Å². The van der Waals surface area contributed by atoms with Gasteiger partial charge in [0.2, 0.25) is 0 Å². The lowest BCUT2D eigenvalue weighted by atomic mass is 10.0. The molecule has 0 spiro atoms. The standard InChI is InChI=1S/C20H27N3O2S/c1-14(2)17-7-6-15(3)11-18(17)25-13-20(24)23(19-8-9-21-22-19)12-16-5-4-10-26-16/h4-7,10-11,14,19,21-22H,8-9,12-13H2,1-3H3. The molecule has 0 radical (unpaired) electrons. The Morgan fingerprint density at radius 3 is 2.88 bits per heavy atom. The topological polar surface area (TPSA) is 53.6 Å². The van der Waals surface area contributed by atoms with Crippen LogP contribution >= 0.6 is 11.3 Å². The van der Waals surface area contributed by atoms with Gasteiger partial charge in [0.05, 0.1) is 12.7 Å². The number of thiophene rings is 1. The number of carbonyl (C=O) groups is 1. The van der Waals surface area contributed by atoms with Gasteiger partial charge in [0.25, 0.3) is 5.91 Å². The molecule has 26 heavy (non-hydrogen) atoms. The van der Waals surface area contributed by atoms with E-state index < -0.39 is 0 Å². The number of hydrogen-bond donors (Lipinski definition) is 2. The van der Waals surface area contributed by atoms with Crippen molar-refractivity contribution in [3.05, 3.63) is 51.7 Å². The summed E-state index contributed by atoms with van der Waals surface area (Å²) < 4.78 is 5.96. The molecule has 1 saturated heterocycles. The summed E-state index contributed by atoms with van der Waals surface area (Å²) in [5, 5.41) is 2.04. The number of ether oxygens (including phenoxy) is 1. The lowest BCUT2D eigenvalue weighted by Crippen LogP contribution is -2.48. The minimum absolute atomic E-state index is 0.00388. The van der Waals surface area contributed by atoms with E-state index in [1.165, 1.54) is 4.88 Å². The predicted octanol–water partition coefficient (Wildman–Crippen LogP) is 3.41. The van der Waals surface area contributed by atoms with Crippen LogP contribution in [0, 0.1) is 6.92 Å². The lowest BCUT2D eigenvalue weighted by Gasteiger charge is -2.28. The van der Waals surface area contributed by atoms with Crippen molar-refractivity contribution in [2.45, 2.75) is 45.8 Å². The minimum Gasteiger partial charge on any atom is -0.483 e. The Hall–Kier alpha value is -1.89. The van der Waals surface area contributed by atoms with Crippen LogP contribution in [0.25, 0.3) is 0 Å². The fourth-order valence-electron chi connectivity index (χ4n) is 3.11. The van der Waals surface area contributed by atoms with E-state index in [-0.39, 0.29) is 18.7 Å². The molecule has 1 fully saturated rings. The molecule has 5 nitrogen and oxygen atoms in total. The third-order valence-electron chi connectivity index (χ3n) is 4.56. The summed E-state index contributed by atoms with van der Waals surface area (Å²) in [5.41, 5.74) is 8.57. The average Bonchev–Trinajstić information content (AvgIpc) is 3.30. The van der Waals surface area contributed by atoms with Crippen molar-refractivity contribution >= 4 is 17.2 Å². The third kappa shape index (κ3) is 4.63. The highest BCUT2D eigenvalue weighted by Crippen LogP contribution is 2.27. The Kier molecular flexibility index (Phi) is 6.29. The van der Waals surface area contributed by atoms with Gasteiger partial charge in [-0.25, -0.2) is 5.43 Å². The highest BCUT2D eigenvalue weighted by atomic mass is 32.1. The summed E-state index contributed by atoms with van der Waals surface area (Å²) in [6.07, 6.45) is 0.883. The van der Waals surface area contributed by atoms with E-state index in [2.05, 4.69) is 42.9 Å². The molecule has 1 aliphatic heterocycles. The maximum Gasteiger partial charge on any atom is 0.262 e. The van der Waals surface area contributed by atoms with Crippen LogP contribution in [0.5, 0.6) is 5.75 Å². The van der Waals surface area contributed by atoms with Crippen molar-refractivity contribution in [1.29, 1.82) is 0 Å². The molecule has 0 bridgehead atoms. The van der Waals surface area contributed by atoms with Crippen LogP contribution in [0.4, 0.5) is 0 Å². The van der Waals surface area contributed by atoms with Crippen LogP contribution in [-0.2, 0) is 11.3 Å². The Morgan fingerprint density at radius 2 is 2.23 bits per heavy atom. The van der Waals surface area contributed by atoms with Gasteiger partial charge in [-0.05, 0) is 47.9 Å². The van der Waals surface area contributed by atoms with Gasteiger partial charge >= 0.3 is 0 Å². The number of amides is 1. The summed E-state index contributed by atoms with van der Waals surface area (Å²) in [6.45, 7) is 7.81. The summed E-state index contributed by atoms with van der Waals surface area (Å²) in [4.78, 5) is 16.0. The lowest BCUT2D eigenvalue weighted by molar-refractivity contribution is -0.136. The van der Waals surface area contributed by atoms with Crippen molar-refractivity contribution < 1.29 is 9.53 Å². The van der Waals surface area contributed by atoms with Gasteiger partial charge in [0, 0.05) is 11.4 Å². The third-order valence-corrected chi connectivity index (χ3v) is 5.42. The van der Waals surface area contributed by atoms with E-state index in [1.54, 1.807) is 11.3 Å². The summed E-state index contributed by atoms with van der Waals surface area (Å²) >= 11 is 1.67. The van der Waals surface area contributed by atoms with Crippen LogP contribution in [0.1, 0.15) is 42.2 Å². The van der Waals surface area contributed by atoms with Crippen molar-refractivity contribution in [3.63, 3.8) is 0 Å². The van der Waals surface area contributed by atoms with Crippen LogP contribution in [-0.4, -0.2) is 30.1 Å². The minimum atomic E-state index is -0.00437. The van der Waals surface area contributed by atoms with E-state index >= 15 is 0 Å². The second kappa shape index (κ2) is 8.66. The molecule has 1 aromatic carbocycles. The van der Waals surface area contributed by atoms with Gasteiger partial charge in [-0.3, -0.25) is 10.2 Å². The number of benzene rings is 1. The van der Waals surface area contributed by atoms with Crippen molar-refractivity contribution in [3.8, 4) is 5.75 Å². The smallest absolute Gasteiger partial charge is 0.262 e. The monoisotopic (exact) mass is 373 g/mol. The second-order valence-electron chi connectivity index (χ2n) is 6.96. The molecule has 2 N–H and O–H groups in total. The molecule has 2 aromatic rings. The first-order valence-electron chi connectivity index (χ1n) is 9.08. The SMILES string of the molecule is Cc1ccc(C(C)C)c(OCC(=O)N(Cc2cccs2)C2CCNN2)c1. The molecular formula is C20H27N3O2S. The zero-order valence-corrected chi connectivity index (χ0v) is 16.4. The van der Waals surface area contributed by atoms with Crippen molar-refractivity contribution in [2.24, 2.45) is 0 Å². The zero-order chi connectivity index (χ0) is 18.5. The molecule has 6 heteroatoms. The zero-order valence-electron chi connectivity index (χ0n) is 15.6. The number of hydrazine groups is 1. The van der Waals surface area contributed by atoms with Crippen LogP contribution < -0.4 is 15.6 Å². The Morgan fingerprint density at radius 1 is 1.38 bits per heavy atom. The highest BCUT2D eigenvalue weighted by molar-refractivity contribution is 7.09. The summed E-state index contributed by atoms with van der Waals surface area (Å²) in [6, 6.07) is 10.3. The van der Waals surface area contributed by atoms with Gasteiger partial charge in [-0.1, -0.05) is 32.0 Å². The Bertz CT molecular complexity index is 725. The molecule has 0 saturated carbocycles. The first-order valence-corrected chi connectivity index (χ1v) is 9.96. The van der Waals surface area contributed by atoms with Gasteiger partial charge in [0.1, 0.15) is 5.75 Å². The molecule has 1 unspecified atom stereocenters. The molecule has 140 valence electrons. The van der Waals surface area contributed by atoms with E-state index in [0.29, 0.717) is 12.5 Å². The maximum atomic E-state index is 12.9. The number of carbonyl (C=O) groups excluding carboxylic acids is 1. The number of hydrogen-bond acceptors (Lipinski definition) is 5. The molecule has 2 heterocycles. The van der Waals surface area contributed by atoms with Crippen LogP contribution in [0.2, 0.25) is 0 Å². The van der Waals surface area contributed by atoms with Crippen molar-refractivity contribution in [2.75, 3.05) is 13.2 Å². The molecule has 1 amide bonds. The summed E-state index contributed by atoms with van der Waals surface area (Å²) in [7, 11) is 0. The fraction of sp³-hybridized carbons (Fsp3) is 0.450. The van der Waals surface area contributed by atoms with Gasteiger partial charge in [0.15, 0.2) is 6.61 Å². The first-order chi connectivity index (χ1) is 12.5. The molecule has 1 atom stereocenters. The second-order valence-corrected chi connectivity index (χ2v) is 7.99. The molecule has 1 aromatic heterocycles. The Balaban J connectivity index is 1.70. The highest BCUT2D eigenvalue weighted by Gasteiger charge is 2.27. The normalized spacial score (nSPS) is 16.8. The quantitative estimate of drug-likeness (QED) is 0.781. The summed E-state index contributed by atoms with van der Waals surface area (Å²) in [5.74, 6) is 1.15. The first kappa shape index (κ1) is 18.9. The van der Waals surface area contributed by atoms with Gasteiger partial charge < -0.3 is 9.64 Å². The van der Waals surface area contributed by atoms with Crippen molar-refractivity contribution in [1.82, 2.24) is 15.8 Å². The largest absolute Gasteiger partial charge is 0.483 e. The fourth-order valence-corrected chi connectivity index (χ4v) is 3.82. The maximum absolute atomic E-state index is 12.9. The Labute approximate surface area is 159 Å². The number of aryl methyl sites for hydroxylation is 1. The van der Waals surface area contributed by atoms with E-state index in [4.69, 9.17) is 4.74 Å². The van der Waals surface area contributed by atoms with Crippen LogP contribution in [0.3, 0.4) is 0 Å². The predicted molar refractivity (Wildman–Crippen MR) is 105 cm³/mol. The van der Waals surface area contributed by atoms with E-state index in [0.717, 1.165) is 29.8 Å². The molecule has 1 aliphatic rings. The number of nitrogens with zero attached hydrogens (tertiary/aromatic N) is 1. The molecule has 0 aliphatic carbocycles. The number of rotatable bonds is 7.